The third kappa shape index (κ3) is 4.91. The van der Waals surface area contributed by atoms with Gasteiger partial charge in [-0.2, -0.15) is 5.10 Å². The molecule has 0 bridgehead atoms. The quantitative estimate of drug-likeness (QED) is 0.324. The van der Waals surface area contributed by atoms with Gasteiger partial charge in [-0.15, -0.1) is 0 Å². The Bertz CT molecular complexity index is 251. The largest absolute Gasteiger partial charge is 0.481 e. The maximum Gasteiger partial charge on any atom is 0.300 e. The van der Waals surface area contributed by atoms with Gasteiger partial charge in [0.2, 0.25) is 0 Å². The number of nitrogens with two attached hydrogens (primary N) is 1. The average Bonchev–Trinajstić information content (AvgIpc) is 2.34. The van der Waals surface area contributed by atoms with E-state index in [9.17, 15) is 0 Å². The molecule has 0 radical (unpaired) electrons. The lowest BCUT2D eigenvalue weighted by molar-refractivity contribution is -0.134. The van der Waals surface area contributed by atoms with Gasteiger partial charge in [0.1, 0.15) is 6.33 Å². The number of nitrogens with zero attached hydrogens (tertiary/aromatic N) is 2. The molecule has 0 aliphatic heterocycles. The van der Waals surface area contributed by atoms with Crippen molar-refractivity contribution in [2.24, 2.45) is 5.73 Å². The third-order valence-electron chi connectivity index (χ3n) is 0.670. The lowest BCUT2D eigenvalue weighted by Gasteiger charge is -1.83. The van der Waals surface area contributed by atoms with Crippen molar-refractivity contribution in [1.29, 1.82) is 5.41 Å². The molecule has 1 aromatic heterocycles. The summed E-state index contributed by atoms with van der Waals surface area (Å²) >= 11 is 0. The summed E-state index contributed by atoms with van der Waals surface area (Å²) in [6.45, 7) is 1.08. The summed E-state index contributed by atoms with van der Waals surface area (Å²) in [6.07, 6.45) is 1.30. The van der Waals surface area contributed by atoms with E-state index < -0.39 is 5.97 Å². The zero-order valence-corrected chi connectivity index (χ0v) is 6.40. The number of nitrogens with one attached hydrogen (secondary N) is 2. The summed E-state index contributed by atoms with van der Waals surface area (Å²) in [5.41, 5.74) is 5.01. The fourth-order valence-electron chi connectivity index (χ4n) is 0.335. The Kier molecular flexibility index (Phi) is 4.06. The predicted molar refractivity (Wildman–Crippen MR) is 40.7 cm³/mol. The SMILES string of the molecule is CC(=O)O.N=C(N)c1ncn[nH]1. The molecule has 1 heterocycles. The second kappa shape index (κ2) is 4.83. The summed E-state index contributed by atoms with van der Waals surface area (Å²) in [4.78, 5) is 12.6. The van der Waals surface area contributed by atoms with Crippen LogP contribution in [-0.2, 0) is 4.79 Å². The van der Waals surface area contributed by atoms with Crippen LogP contribution >= 0.6 is 0 Å². The number of hydrogen-bond donors (Lipinski definition) is 4. The summed E-state index contributed by atoms with van der Waals surface area (Å²) < 4.78 is 0. The molecule has 7 nitrogen and oxygen atoms in total. The van der Waals surface area contributed by atoms with Crippen LogP contribution in [0.15, 0.2) is 6.33 Å². The van der Waals surface area contributed by atoms with Crippen molar-refractivity contribution < 1.29 is 9.90 Å². The maximum atomic E-state index is 9.00. The topological polar surface area (TPSA) is 129 Å². The molecule has 1 aromatic rings. The van der Waals surface area contributed by atoms with Crippen molar-refractivity contribution in [2.45, 2.75) is 6.92 Å². The summed E-state index contributed by atoms with van der Waals surface area (Å²) in [7, 11) is 0. The summed E-state index contributed by atoms with van der Waals surface area (Å²) in [6, 6.07) is 0. The second-order valence-corrected chi connectivity index (χ2v) is 1.77. The van der Waals surface area contributed by atoms with E-state index in [0.717, 1.165) is 6.92 Å². The number of aromatic nitrogens is 3. The van der Waals surface area contributed by atoms with Crippen molar-refractivity contribution >= 4 is 11.8 Å². The Morgan fingerprint density at radius 2 is 2.33 bits per heavy atom. The first-order chi connectivity index (χ1) is 5.54. The van der Waals surface area contributed by atoms with Gasteiger partial charge in [-0.3, -0.25) is 15.3 Å². The van der Waals surface area contributed by atoms with E-state index in [1.807, 2.05) is 0 Å². The predicted octanol–water partition coefficient (Wildman–Crippen LogP) is -0.820. The number of hydrogen-bond acceptors (Lipinski definition) is 4. The van der Waals surface area contributed by atoms with E-state index in [2.05, 4.69) is 15.2 Å². The van der Waals surface area contributed by atoms with Crippen molar-refractivity contribution in [1.82, 2.24) is 15.2 Å². The molecule has 0 aliphatic rings. The molecule has 66 valence electrons. The number of aliphatic carboxylic acids is 1. The van der Waals surface area contributed by atoms with Crippen LogP contribution in [0, 0.1) is 5.41 Å². The summed E-state index contributed by atoms with van der Waals surface area (Å²) in [5, 5.41) is 20.1. The zero-order valence-electron chi connectivity index (χ0n) is 6.40. The Hall–Kier alpha value is -1.92. The Balaban J connectivity index is 0.000000261. The van der Waals surface area contributed by atoms with Gasteiger partial charge in [-0.1, -0.05) is 0 Å². The van der Waals surface area contributed by atoms with E-state index in [1.165, 1.54) is 6.33 Å². The Morgan fingerprint density at radius 3 is 2.50 bits per heavy atom. The first-order valence-electron chi connectivity index (χ1n) is 2.93. The highest BCUT2D eigenvalue weighted by Gasteiger charge is 1.94. The van der Waals surface area contributed by atoms with Crippen molar-refractivity contribution in [2.75, 3.05) is 0 Å². The van der Waals surface area contributed by atoms with Crippen LogP contribution in [0.5, 0.6) is 0 Å². The van der Waals surface area contributed by atoms with Crippen LogP contribution in [0.4, 0.5) is 0 Å². The smallest absolute Gasteiger partial charge is 0.300 e. The monoisotopic (exact) mass is 171 g/mol. The number of carboxylic acid groups (broad SMARTS) is 1. The minimum absolute atomic E-state index is 0.0949. The Labute approximate surface area is 68.1 Å². The minimum Gasteiger partial charge on any atom is -0.481 e. The number of rotatable bonds is 1. The molecule has 1 rings (SSSR count). The molecule has 0 aromatic carbocycles. The van der Waals surface area contributed by atoms with Gasteiger partial charge in [0.05, 0.1) is 0 Å². The van der Waals surface area contributed by atoms with Crippen LogP contribution in [-0.4, -0.2) is 32.1 Å². The minimum atomic E-state index is -0.833. The maximum absolute atomic E-state index is 9.00. The zero-order chi connectivity index (χ0) is 9.56. The van der Waals surface area contributed by atoms with E-state index in [4.69, 9.17) is 21.0 Å². The highest BCUT2D eigenvalue weighted by molar-refractivity contribution is 5.90. The number of carboxylic acids is 1. The van der Waals surface area contributed by atoms with Crippen LogP contribution in [0.2, 0.25) is 0 Å². The first-order valence-corrected chi connectivity index (χ1v) is 2.93. The molecule has 0 atom stereocenters. The van der Waals surface area contributed by atoms with Gasteiger partial charge in [0, 0.05) is 6.92 Å². The molecule has 0 saturated carbocycles. The highest BCUT2D eigenvalue weighted by Crippen LogP contribution is 1.78. The van der Waals surface area contributed by atoms with Gasteiger partial charge < -0.3 is 10.8 Å². The molecule has 5 N–H and O–H groups in total. The van der Waals surface area contributed by atoms with Crippen LogP contribution in [0.25, 0.3) is 0 Å². The number of carbonyl (C=O) groups is 1. The lowest BCUT2D eigenvalue weighted by atomic mass is 10.6. The molecule has 0 amide bonds. The number of amidine groups is 1. The van der Waals surface area contributed by atoms with E-state index in [0.29, 0.717) is 5.82 Å². The number of nitrogen functional groups attached to an aromatic ring is 1. The van der Waals surface area contributed by atoms with E-state index in [-0.39, 0.29) is 5.84 Å². The molecule has 0 spiro atoms. The van der Waals surface area contributed by atoms with E-state index >= 15 is 0 Å². The van der Waals surface area contributed by atoms with Crippen LogP contribution in [0.3, 0.4) is 0 Å². The van der Waals surface area contributed by atoms with Crippen LogP contribution in [0.1, 0.15) is 12.7 Å². The number of H-pyrrole nitrogens is 1. The molecule has 0 saturated heterocycles. The standard InChI is InChI=1S/C3H5N5.C2H4O2/c4-2(5)3-6-1-7-8-3;1-2(3)4/h1H,(H3,4,5)(H,6,7,8);1H3,(H,3,4). The Morgan fingerprint density at radius 1 is 1.83 bits per heavy atom. The van der Waals surface area contributed by atoms with Crippen molar-refractivity contribution in [3.63, 3.8) is 0 Å². The second-order valence-electron chi connectivity index (χ2n) is 1.77. The van der Waals surface area contributed by atoms with Gasteiger partial charge in [0.25, 0.3) is 5.97 Å². The van der Waals surface area contributed by atoms with Gasteiger partial charge >= 0.3 is 0 Å². The fourth-order valence-corrected chi connectivity index (χ4v) is 0.335. The molecular formula is C5H9N5O2. The average molecular weight is 171 g/mol. The molecule has 7 heteroatoms. The summed E-state index contributed by atoms with van der Waals surface area (Å²) in [5.74, 6) is -0.618. The molecular weight excluding hydrogens is 162 g/mol. The fraction of sp³-hybridized carbons (Fsp3) is 0.200. The normalized spacial score (nSPS) is 8.08. The first kappa shape index (κ1) is 10.1. The van der Waals surface area contributed by atoms with Gasteiger partial charge in [-0.25, -0.2) is 4.98 Å². The van der Waals surface area contributed by atoms with Crippen molar-refractivity contribution in [3.8, 4) is 0 Å². The number of aromatic amines is 1. The molecule has 0 fully saturated rings. The molecule has 12 heavy (non-hydrogen) atoms. The van der Waals surface area contributed by atoms with Crippen LogP contribution < -0.4 is 5.73 Å². The molecule has 0 unspecified atom stereocenters. The van der Waals surface area contributed by atoms with Gasteiger partial charge in [-0.05, 0) is 0 Å². The molecule has 0 aliphatic carbocycles. The van der Waals surface area contributed by atoms with Gasteiger partial charge in [0.15, 0.2) is 11.7 Å². The van der Waals surface area contributed by atoms with E-state index in [1.54, 1.807) is 0 Å². The third-order valence-corrected chi connectivity index (χ3v) is 0.670. The highest BCUT2D eigenvalue weighted by atomic mass is 16.4. The lowest BCUT2D eigenvalue weighted by Crippen LogP contribution is -2.12. The van der Waals surface area contributed by atoms with Crippen molar-refractivity contribution in [3.05, 3.63) is 12.2 Å².